The van der Waals surface area contributed by atoms with Gasteiger partial charge in [0.15, 0.2) is 0 Å². The van der Waals surface area contributed by atoms with Gasteiger partial charge in [0.2, 0.25) is 0 Å². The van der Waals surface area contributed by atoms with Crippen LogP contribution in [0.15, 0.2) is 0 Å². The van der Waals surface area contributed by atoms with Crippen molar-refractivity contribution in [3.05, 3.63) is 17.0 Å². The molecule has 2 aliphatic carbocycles. The van der Waals surface area contributed by atoms with Crippen molar-refractivity contribution in [2.24, 2.45) is 11.3 Å². The minimum Gasteiger partial charge on any atom is -0.377 e. The van der Waals surface area contributed by atoms with E-state index < -0.39 is 0 Å². The molecule has 2 amide bonds. The number of aryl methyl sites for hydroxylation is 2. The van der Waals surface area contributed by atoms with Crippen LogP contribution in [-0.4, -0.2) is 35.0 Å². The first kappa shape index (κ1) is 14.1. The van der Waals surface area contributed by atoms with E-state index in [1.807, 2.05) is 13.8 Å². The number of ether oxygens (including phenoxy) is 1. The molecule has 6 heteroatoms. The molecule has 0 aromatic carbocycles. The largest absolute Gasteiger partial charge is 0.377 e. The van der Waals surface area contributed by atoms with Crippen molar-refractivity contribution in [3.8, 4) is 0 Å². The number of aromatic nitrogens is 2. The summed E-state index contributed by atoms with van der Waals surface area (Å²) in [7, 11) is 0. The molecular weight excluding hydrogens is 280 g/mol. The van der Waals surface area contributed by atoms with E-state index in [2.05, 4.69) is 20.8 Å². The molecule has 120 valence electrons. The van der Waals surface area contributed by atoms with Crippen LogP contribution >= 0.6 is 0 Å². The lowest BCUT2D eigenvalue weighted by Gasteiger charge is -2.63. The Kier molecular flexibility index (Phi) is 3.18. The number of urea groups is 1. The second-order valence-corrected chi connectivity index (χ2v) is 7.05. The molecule has 2 saturated carbocycles. The monoisotopic (exact) mass is 304 g/mol. The summed E-state index contributed by atoms with van der Waals surface area (Å²) in [5.41, 5.74) is 3.27. The van der Waals surface area contributed by atoms with Crippen LogP contribution in [0.25, 0.3) is 0 Å². The van der Waals surface area contributed by atoms with Crippen LogP contribution < -0.4 is 10.6 Å². The van der Waals surface area contributed by atoms with Gasteiger partial charge < -0.3 is 15.4 Å². The first-order chi connectivity index (χ1) is 10.6. The summed E-state index contributed by atoms with van der Waals surface area (Å²) in [6.45, 7) is 5.30. The third-order valence-corrected chi connectivity index (χ3v) is 6.03. The van der Waals surface area contributed by atoms with Crippen LogP contribution in [0.4, 0.5) is 4.79 Å². The Hall–Kier alpha value is -1.56. The van der Waals surface area contributed by atoms with Gasteiger partial charge in [0.05, 0.1) is 11.8 Å². The fourth-order valence-electron chi connectivity index (χ4n) is 4.65. The van der Waals surface area contributed by atoms with Crippen LogP contribution in [0, 0.1) is 25.2 Å². The molecule has 22 heavy (non-hydrogen) atoms. The molecule has 2 heterocycles. The Labute approximate surface area is 130 Å². The predicted molar refractivity (Wildman–Crippen MR) is 81.4 cm³/mol. The quantitative estimate of drug-likeness (QED) is 0.796. The van der Waals surface area contributed by atoms with Gasteiger partial charge in [0.1, 0.15) is 0 Å². The van der Waals surface area contributed by atoms with Crippen LogP contribution in [0.2, 0.25) is 0 Å². The van der Waals surface area contributed by atoms with E-state index in [9.17, 15) is 4.79 Å². The number of carbonyl (C=O) groups is 1. The Bertz CT molecular complexity index is 573. The SMILES string of the molecule is Cc1n[nH]c(C)c1CNC(=O)N[C@H]1[C@H]2CCO[C@@H]2C12CCC2. The summed E-state index contributed by atoms with van der Waals surface area (Å²) in [6, 6.07) is 0.224. The van der Waals surface area contributed by atoms with Gasteiger partial charge >= 0.3 is 6.03 Å². The minimum atomic E-state index is -0.0679. The highest BCUT2D eigenvalue weighted by Gasteiger charge is 2.66. The summed E-state index contributed by atoms with van der Waals surface area (Å²) in [6.07, 6.45) is 5.12. The van der Waals surface area contributed by atoms with Crippen molar-refractivity contribution >= 4 is 6.03 Å². The predicted octanol–water partition coefficient (Wildman–Crippen LogP) is 1.78. The fourth-order valence-corrected chi connectivity index (χ4v) is 4.65. The number of fused-ring (bicyclic) bond motifs is 2. The van der Waals surface area contributed by atoms with E-state index in [1.165, 1.54) is 19.3 Å². The van der Waals surface area contributed by atoms with E-state index in [0.29, 0.717) is 24.6 Å². The minimum absolute atomic E-state index is 0.0679. The molecule has 3 N–H and O–H groups in total. The molecule has 4 rings (SSSR count). The normalized spacial score (nSPS) is 31.3. The highest BCUT2D eigenvalue weighted by molar-refractivity contribution is 5.74. The van der Waals surface area contributed by atoms with Crippen molar-refractivity contribution < 1.29 is 9.53 Å². The zero-order valence-electron chi connectivity index (χ0n) is 13.2. The van der Waals surface area contributed by atoms with Crippen LogP contribution in [0.1, 0.15) is 42.6 Å². The van der Waals surface area contributed by atoms with E-state index in [1.54, 1.807) is 0 Å². The number of aromatic amines is 1. The second-order valence-electron chi connectivity index (χ2n) is 7.05. The molecule has 6 nitrogen and oxygen atoms in total. The number of nitrogens with one attached hydrogen (secondary N) is 3. The zero-order valence-corrected chi connectivity index (χ0v) is 13.2. The summed E-state index contributed by atoms with van der Waals surface area (Å²) < 4.78 is 5.89. The van der Waals surface area contributed by atoms with E-state index in [4.69, 9.17) is 4.74 Å². The summed E-state index contributed by atoms with van der Waals surface area (Å²) in [4.78, 5) is 12.3. The number of H-pyrrole nitrogens is 1. The smallest absolute Gasteiger partial charge is 0.315 e. The van der Waals surface area contributed by atoms with Gasteiger partial charge in [-0.15, -0.1) is 0 Å². The molecule has 1 saturated heterocycles. The molecule has 0 bridgehead atoms. The Balaban J connectivity index is 1.36. The van der Waals surface area contributed by atoms with Crippen molar-refractivity contribution in [3.63, 3.8) is 0 Å². The molecule has 1 spiro atoms. The molecule has 3 atom stereocenters. The summed E-state index contributed by atoms with van der Waals surface area (Å²) in [5.74, 6) is 0.517. The molecule has 1 aromatic rings. The molecular formula is C16H24N4O2. The van der Waals surface area contributed by atoms with Gasteiger partial charge in [-0.2, -0.15) is 5.10 Å². The lowest BCUT2D eigenvalue weighted by atomic mass is 9.46. The maximum absolute atomic E-state index is 12.3. The van der Waals surface area contributed by atoms with Crippen LogP contribution in [-0.2, 0) is 11.3 Å². The fraction of sp³-hybridized carbons (Fsp3) is 0.750. The van der Waals surface area contributed by atoms with E-state index >= 15 is 0 Å². The molecule has 0 radical (unpaired) electrons. The van der Waals surface area contributed by atoms with Crippen LogP contribution in [0.3, 0.4) is 0 Å². The van der Waals surface area contributed by atoms with Crippen LogP contribution in [0.5, 0.6) is 0 Å². The topological polar surface area (TPSA) is 79.0 Å². The highest BCUT2D eigenvalue weighted by atomic mass is 16.5. The standard InChI is InChI=1S/C16H24N4O2/c1-9-12(10(2)20-19-9)8-17-15(21)18-13-11-4-7-22-14(11)16(13)5-3-6-16/h11,13-14H,3-8H2,1-2H3,(H,19,20)(H2,17,18,21)/t11-,13+,14+/m1/s1. The van der Waals surface area contributed by atoms with E-state index in [-0.39, 0.29) is 11.4 Å². The molecule has 1 aliphatic heterocycles. The number of rotatable bonds is 3. The lowest BCUT2D eigenvalue weighted by Crippen LogP contribution is -2.72. The molecule has 3 fully saturated rings. The zero-order chi connectivity index (χ0) is 15.3. The van der Waals surface area contributed by atoms with Crippen molar-refractivity contribution in [2.75, 3.05) is 6.61 Å². The Morgan fingerprint density at radius 1 is 1.45 bits per heavy atom. The number of nitrogens with zero attached hydrogens (tertiary/aromatic N) is 1. The van der Waals surface area contributed by atoms with Gasteiger partial charge in [-0.05, 0) is 33.1 Å². The number of hydrogen-bond donors (Lipinski definition) is 3. The average Bonchev–Trinajstić information content (AvgIpc) is 2.99. The maximum atomic E-state index is 12.3. The van der Waals surface area contributed by atoms with Crippen molar-refractivity contribution in [2.45, 2.75) is 58.2 Å². The van der Waals surface area contributed by atoms with Crippen molar-refractivity contribution in [1.29, 1.82) is 0 Å². The van der Waals surface area contributed by atoms with Gasteiger partial charge in [-0.3, -0.25) is 5.10 Å². The third-order valence-electron chi connectivity index (χ3n) is 6.03. The maximum Gasteiger partial charge on any atom is 0.315 e. The Morgan fingerprint density at radius 3 is 2.91 bits per heavy atom. The number of hydrogen-bond acceptors (Lipinski definition) is 3. The molecule has 3 aliphatic rings. The summed E-state index contributed by atoms with van der Waals surface area (Å²) >= 11 is 0. The van der Waals surface area contributed by atoms with Gasteiger partial charge in [-0.1, -0.05) is 6.42 Å². The average molecular weight is 304 g/mol. The van der Waals surface area contributed by atoms with Crippen molar-refractivity contribution in [1.82, 2.24) is 20.8 Å². The first-order valence-electron chi connectivity index (χ1n) is 8.28. The number of amides is 2. The third kappa shape index (κ3) is 1.89. The first-order valence-corrected chi connectivity index (χ1v) is 8.28. The Morgan fingerprint density at radius 2 is 2.27 bits per heavy atom. The lowest BCUT2D eigenvalue weighted by molar-refractivity contribution is -0.172. The van der Waals surface area contributed by atoms with E-state index in [0.717, 1.165) is 30.0 Å². The second kappa shape index (κ2) is 4.98. The van der Waals surface area contributed by atoms with Gasteiger partial charge in [-0.25, -0.2) is 4.79 Å². The molecule has 1 aromatic heterocycles. The van der Waals surface area contributed by atoms with Gasteiger partial charge in [0.25, 0.3) is 0 Å². The van der Waals surface area contributed by atoms with Gasteiger partial charge in [0, 0.05) is 41.8 Å². The highest BCUT2D eigenvalue weighted by Crippen LogP contribution is 2.62. The summed E-state index contributed by atoms with van der Waals surface area (Å²) in [5, 5.41) is 13.3. The molecule has 0 unspecified atom stereocenters. The number of carbonyl (C=O) groups excluding carboxylic acids is 1.